The Labute approximate surface area is 149 Å². The Morgan fingerprint density at radius 2 is 1.46 bits per heavy atom. The Balaban J connectivity index is 1.62. The summed E-state index contributed by atoms with van der Waals surface area (Å²) in [6, 6.07) is 12.5. The maximum atomic E-state index is 12.5. The number of benzene rings is 2. The van der Waals surface area contributed by atoms with E-state index in [4.69, 9.17) is 0 Å². The molecular formula is C20H16F3N3. The van der Waals surface area contributed by atoms with E-state index in [-0.39, 0.29) is 0 Å². The Bertz CT molecular complexity index is 887. The summed E-state index contributed by atoms with van der Waals surface area (Å²) >= 11 is 0. The highest BCUT2D eigenvalue weighted by Crippen LogP contribution is 2.30. The summed E-state index contributed by atoms with van der Waals surface area (Å²) in [7, 11) is 0. The summed E-state index contributed by atoms with van der Waals surface area (Å²) < 4.78 is 37.6. The van der Waals surface area contributed by atoms with Gasteiger partial charge in [0.1, 0.15) is 0 Å². The van der Waals surface area contributed by atoms with Crippen LogP contribution < -0.4 is 0 Å². The molecule has 0 amide bonds. The second-order valence-corrected chi connectivity index (χ2v) is 5.83. The number of nitrogens with zero attached hydrogens (tertiary/aromatic N) is 3. The molecule has 0 saturated heterocycles. The van der Waals surface area contributed by atoms with Crippen molar-refractivity contribution in [2.75, 3.05) is 0 Å². The van der Waals surface area contributed by atoms with E-state index in [0.29, 0.717) is 17.8 Å². The quantitative estimate of drug-likeness (QED) is 0.617. The normalized spacial score (nSPS) is 14.9. The van der Waals surface area contributed by atoms with Crippen LogP contribution in [0.1, 0.15) is 17.5 Å². The van der Waals surface area contributed by atoms with Crippen molar-refractivity contribution in [2.24, 2.45) is 15.0 Å². The van der Waals surface area contributed by atoms with Gasteiger partial charge in [0.2, 0.25) is 0 Å². The zero-order valence-electron chi connectivity index (χ0n) is 14.0. The molecule has 0 spiro atoms. The van der Waals surface area contributed by atoms with Gasteiger partial charge >= 0.3 is 6.18 Å². The summed E-state index contributed by atoms with van der Waals surface area (Å²) in [5.74, 6) is 0. The van der Waals surface area contributed by atoms with Crippen molar-refractivity contribution in [3.05, 3.63) is 71.4 Å². The summed E-state index contributed by atoms with van der Waals surface area (Å²) in [6.45, 7) is 2.01. The Kier molecular flexibility index (Phi) is 5.11. The molecule has 0 bridgehead atoms. The molecule has 132 valence electrons. The van der Waals surface area contributed by atoms with Gasteiger partial charge in [-0.15, -0.1) is 0 Å². The molecule has 0 atom stereocenters. The maximum Gasteiger partial charge on any atom is 0.416 e. The lowest BCUT2D eigenvalue weighted by molar-refractivity contribution is -0.137. The lowest BCUT2D eigenvalue weighted by atomic mass is 10.2. The van der Waals surface area contributed by atoms with Gasteiger partial charge in [-0.2, -0.15) is 13.2 Å². The van der Waals surface area contributed by atoms with E-state index in [0.717, 1.165) is 23.5 Å². The van der Waals surface area contributed by atoms with Gasteiger partial charge in [0.15, 0.2) is 0 Å². The molecule has 1 heterocycles. The smallest absolute Gasteiger partial charge is 0.255 e. The highest BCUT2D eigenvalue weighted by molar-refractivity contribution is 6.33. The van der Waals surface area contributed by atoms with E-state index >= 15 is 0 Å². The summed E-state index contributed by atoms with van der Waals surface area (Å²) in [6.07, 6.45) is 1.44. The molecule has 2 aromatic carbocycles. The number of allylic oxidation sites excluding steroid dienone is 2. The number of hydrogen-bond acceptors (Lipinski definition) is 3. The van der Waals surface area contributed by atoms with Crippen LogP contribution >= 0.6 is 0 Å². The molecule has 1 aliphatic heterocycles. The van der Waals surface area contributed by atoms with Crippen LogP contribution in [0.15, 0.2) is 75.3 Å². The third kappa shape index (κ3) is 4.75. The lowest BCUT2D eigenvalue weighted by Crippen LogP contribution is -2.03. The number of aryl methyl sites for hydroxylation is 1. The van der Waals surface area contributed by atoms with Crippen LogP contribution in [0.25, 0.3) is 0 Å². The van der Waals surface area contributed by atoms with Gasteiger partial charge in [-0.3, -0.25) is 15.0 Å². The molecule has 3 nitrogen and oxygen atoms in total. The number of halogens is 3. The van der Waals surface area contributed by atoms with Gasteiger partial charge in [-0.25, -0.2) is 0 Å². The standard InChI is InChI=1S/C20H16F3N3/c1-14-2-6-16(7-3-14)24-12-18-10-11-19(26-18)13-25-17-8-4-15(5-9-17)20(21,22)23/h2-9,11-13H,10H2,1H3. The zero-order chi connectivity index (χ0) is 18.6. The molecule has 2 aromatic rings. The molecule has 3 rings (SSSR count). The first-order valence-corrected chi connectivity index (χ1v) is 8.00. The van der Waals surface area contributed by atoms with Crippen LogP contribution in [-0.2, 0) is 6.18 Å². The predicted molar refractivity (Wildman–Crippen MR) is 99.1 cm³/mol. The van der Waals surface area contributed by atoms with Crippen molar-refractivity contribution in [1.82, 2.24) is 0 Å². The fourth-order valence-electron chi connectivity index (χ4n) is 2.29. The van der Waals surface area contributed by atoms with Gasteiger partial charge in [0, 0.05) is 12.6 Å². The predicted octanol–water partition coefficient (Wildman–Crippen LogP) is 5.85. The van der Waals surface area contributed by atoms with Crippen LogP contribution in [0.5, 0.6) is 0 Å². The number of hydrogen-bond donors (Lipinski definition) is 0. The Morgan fingerprint density at radius 3 is 2.08 bits per heavy atom. The van der Waals surface area contributed by atoms with Crippen LogP contribution in [0, 0.1) is 6.92 Å². The highest BCUT2D eigenvalue weighted by atomic mass is 19.4. The van der Waals surface area contributed by atoms with Crippen molar-refractivity contribution < 1.29 is 13.2 Å². The number of rotatable bonds is 4. The largest absolute Gasteiger partial charge is 0.416 e. The number of aliphatic imine (C=N–C) groups is 3. The lowest BCUT2D eigenvalue weighted by Gasteiger charge is -2.05. The monoisotopic (exact) mass is 355 g/mol. The molecule has 6 heteroatoms. The van der Waals surface area contributed by atoms with Crippen LogP contribution in [-0.4, -0.2) is 18.1 Å². The summed E-state index contributed by atoms with van der Waals surface area (Å²) in [5.41, 5.74) is 3.24. The Morgan fingerprint density at radius 1 is 0.885 bits per heavy atom. The van der Waals surface area contributed by atoms with Crippen LogP contribution in [0.3, 0.4) is 0 Å². The average molecular weight is 355 g/mol. The first kappa shape index (κ1) is 17.8. The van der Waals surface area contributed by atoms with E-state index in [1.165, 1.54) is 23.9 Å². The summed E-state index contributed by atoms with van der Waals surface area (Å²) in [4.78, 5) is 12.9. The van der Waals surface area contributed by atoms with E-state index in [1.54, 1.807) is 6.21 Å². The van der Waals surface area contributed by atoms with Crippen LogP contribution in [0.2, 0.25) is 0 Å². The Hall–Kier alpha value is -3.02. The van der Waals surface area contributed by atoms with Crippen LogP contribution in [0.4, 0.5) is 24.5 Å². The zero-order valence-corrected chi connectivity index (χ0v) is 14.0. The molecular weight excluding hydrogens is 339 g/mol. The number of alkyl halides is 3. The first-order valence-electron chi connectivity index (χ1n) is 8.00. The fourth-order valence-corrected chi connectivity index (χ4v) is 2.29. The van der Waals surface area contributed by atoms with Gasteiger partial charge in [0.25, 0.3) is 0 Å². The highest BCUT2D eigenvalue weighted by Gasteiger charge is 2.29. The van der Waals surface area contributed by atoms with E-state index in [1.807, 2.05) is 37.3 Å². The van der Waals surface area contributed by atoms with Crippen molar-refractivity contribution in [3.63, 3.8) is 0 Å². The molecule has 0 N–H and O–H groups in total. The molecule has 0 saturated carbocycles. The van der Waals surface area contributed by atoms with Gasteiger partial charge in [0.05, 0.1) is 34.6 Å². The fraction of sp³-hybridized carbons (Fsp3) is 0.150. The molecule has 0 aliphatic carbocycles. The maximum absolute atomic E-state index is 12.5. The van der Waals surface area contributed by atoms with Crippen molar-refractivity contribution in [3.8, 4) is 0 Å². The minimum atomic E-state index is -4.34. The second-order valence-electron chi connectivity index (χ2n) is 5.83. The molecule has 0 radical (unpaired) electrons. The average Bonchev–Trinajstić information content (AvgIpc) is 3.07. The first-order chi connectivity index (χ1) is 12.4. The minimum Gasteiger partial charge on any atom is -0.255 e. The van der Waals surface area contributed by atoms with Crippen molar-refractivity contribution in [2.45, 2.75) is 19.5 Å². The van der Waals surface area contributed by atoms with E-state index in [2.05, 4.69) is 15.0 Å². The van der Waals surface area contributed by atoms with Crippen molar-refractivity contribution >= 4 is 29.5 Å². The van der Waals surface area contributed by atoms with E-state index in [9.17, 15) is 13.2 Å². The van der Waals surface area contributed by atoms with Crippen molar-refractivity contribution in [1.29, 1.82) is 0 Å². The minimum absolute atomic E-state index is 0.441. The molecule has 26 heavy (non-hydrogen) atoms. The third-order valence-corrected chi connectivity index (χ3v) is 3.73. The van der Waals surface area contributed by atoms with Gasteiger partial charge in [-0.1, -0.05) is 23.8 Å². The molecule has 0 unspecified atom stereocenters. The summed E-state index contributed by atoms with van der Waals surface area (Å²) in [5, 5.41) is 0. The molecule has 0 fully saturated rings. The SMILES string of the molecule is Cc1ccc(N=CC2=NC(C=Nc3ccc(C(F)(F)F)cc3)=CC2)cc1. The third-order valence-electron chi connectivity index (χ3n) is 3.73. The molecule has 1 aliphatic rings. The van der Waals surface area contributed by atoms with Gasteiger partial charge < -0.3 is 0 Å². The van der Waals surface area contributed by atoms with E-state index < -0.39 is 11.7 Å². The van der Waals surface area contributed by atoms with Gasteiger partial charge in [-0.05, 0) is 43.3 Å². The topological polar surface area (TPSA) is 37.1 Å². The molecule has 0 aromatic heterocycles. The second kappa shape index (κ2) is 7.47.